The molecule has 1 aromatic rings. The fourth-order valence-electron chi connectivity index (χ4n) is 1.21. The summed E-state index contributed by atoms with van der Waals surface area (Å²) in [6.07, 6.45) is 1.55. The lowest BCUT2D eigenvalue weighted by atomic mass is 10.1. The van der Waals surface area contributed by atoms with Gasteiger partial charge < -0.3 is 14.5 Å². The van der Waals surface area contributed by atoms with Gasteiger partial charge in [-0.1, -0.05) is 0 Å². The van der Waals surface area contributed by atoms with E-state index in [1.165, 1.54) is 20.3 Å². The van der Waals surface area contributed by atoms with Crippen molar-refractivity contribution in [2.75, 3.05) is 7.11 Å². The first-order valence-electron chi connectivity index (χ1n) is 4.50. The molecule has 0 saturated carbocycles. The van der Waals surface area contributed by atoms with E-state index in [4.69, 9.17) is 4.42 Å². The van der Waals surface area contributed by atoms with Crippen LogP contribution in [0.2, 0.25) is 0 Å². The molecule has 1 rings (SSSR count). The number of hydrogen-bond donors (Lipinski definition) is 1. The molecular weight excluding hydrogens is 198 g/mol. The molecule has 0 spiro atoms. The highest BCUT2D eigenvalue weighted by molar-refractivity contribution is 5.75. The molecule has 1 aromatic heterocycles. The van der Waals surface area contributed by atoms with E-state index in [0.717, 1.165) is 0 Å². The van der Waals surface area contributed by atoms with Crippen LogP contribution in [0.1, 0.15) is 25.1 Å². The van der Waals surface area contributed by atoms with Crippen LogP contribution in [-0.2, 0) is 14.3 Å². The van der Waals surface area contributed by atoms with Crippen LogP contribution in [0.25, 0.3) is 0 Å². The molecule has 0 unspecified atom stereocenters. The van der Waals surface area contributed by atoms with E-state index in [1.54, 1.807) is 12.1 Å². The van der Waals surface area contributed by atoms with Crippen LogP contribution < -0.4 is 5.32 Å². The second kappa shape index (κ2) is 5.19. The van der Waals surface area contributed by atoms with Crippen molar-refractivity contribution in [2.45, 2.75) is 19.4 Å². The summed E-state index contributed by atoms with van der Waals surface area (Å²) in [7, 11) is 1.30. The third kappa shape index (κ3) is 3.46. The van der Waals surface area contributed by atoms with Crippen LogP contribution >= 0.6 is 0 Å². The summed E-state index contributed by atoms with van der Waals surface area (Å²) in [5, 5.41) is 2.61. The molecule has 0 aliphatic carbocycles. The highest BCUT2D eigenvalue weighted by Gasteiger charge is 2.19. The lowest BCUT2D eigenvalue weighted by molar-refractivity contribution is -0.141. The molecule has 1 N–H and O–H groups in total. The van der Waals surface area contributed by atoms with Crippen LogP contribution in [0.15, 0.2) is 22.8 Å². The fraction of sp³-hybridized carbons (Fsp3) is 0.400. The van der Waals surface area contributed by atoms with E-state index in [9.17, 15) is 9.59 Å². The maximum absolute atomic E-state index is 11.1. The summed E-state index contributed by atoms with van der Waals surface area (Å²) < 4.78 is 9.65. The molecule has 0 bridgehead atoms. The molecule has 1 amide bonds. The van der Waals surface area contributed by atoms with Gasteiger partial charge in [0.2, 0.25) is 5.91 Å². The number of methoxy groups -OCH3 is 1. The van der Waals surface area contributed by atoms with E-state index >= 15 is 0 Å². The molecular formula is C10H13NO4. The fourth-order valence-corrected chi connectivity index (χ4v) is 1.21. The Labute approximate surface area is 87.4 Å². The molecule has 0 aromatic carbocycles. The van der Waals surface area contributed by atoms with Crippen molar-refractivity contribution in [1.82, 2.24) is 5.32 Å². The van der Waals surface area contributed by atoms with Gasteiger partial charge in [-0.25, -0.2) is 0 Å². The van der Waals surface area contributed by atoms with Gasteiger partial charge in [-0.2, -0.15) is 0 Å². The number of carbonyl (C=O) groups is 2. The third-order valence-corrected chi connectivity index (χ3v) is 1.86. The molecule has 0 radical (unpaired) electrons. The SMILES string of the molecule is COC(=O)C[C@@H](NC(C)=O)c1ccco1. The number of furan rings is 1. The number of esters is 1. The number of carbonyl (C=O) groups excluding carboxylic acids is 2. The number of nitrogens with one attached hydrogen (secondary N) is 1. The Morgan fingerprint density at radius 3 is 2.80 bits per heavy atom. The molecule has 0 saturated heterocycles. The Bertz CT molecular complexity index is 331. The quantitative estimate of drug-likeness (QED) is 0.755. The number of hydrogen-bond acceptors (Lipinski definition) is 4. The molecule has 15 heavy (non-hydrogen) atoms. The number of rotatable bonds is 4. The van der Waals surface area contributed by atoms with E-state index in [-0.39, 0.29) is 12.3 Å². The van der Waals surface area contributed by atoms with Gasteiger partial charge in [0.05, 0.1) is 25.8 Å². The molecule has 1 atom stereocenters. The van der Waals surface area contributed by atoms with Crippen molar-refractivity contribution in [1.29, 1.82) is 0 Å². The summed E-state index contributed by atoms with van der Waals surface area (Å²) in [6.45, 7) is 1.38. The van der Waals surface area contributed by atoms with Gasteiger partial charge in [0, 0.05) is 6.92 Å². The van der Waals surface area contributed by atoms with Crippen LogP contribution in [0.4, 0.5) is 0 Å². The zero-order valence-corrected chi connectivity index (χ0v) is 8.65. The maximum Gasteiger partial charge on any atom is 0.308 e. The summed E-state index contributed by atoms with van der Waals surface area (Å²) in [5.41, 5.74) is 0. The zero-order valence-electron chi connectivity index (χ0n) is 8.65. The molecule has 82 valence electrons. The first-order chi connectivity index (χ1) is 7.13. The first-order valence-corrected chi connectivity index (χ1v) is 4.50. The smallest absolute Gasteiger partial charge is 0.308 e. The Morgan fingerprint density at radius 2 is 2.33 bits per heavy atom. The predicted octanol–water partition coefficient (Wildman–Crippen LogP) is 1.02. The van der Waals surface area contributed by atoms with E-state index < -0.39 is 12.0 Å². The van der Waals surface area contributed by atoms with E-state index in [1.807, 2.05) is 0 Å². The average Bonchev–Trinajstić information content (AvgIpc) is 2.68. The van der Waals surface area contributed by atoms with Crippen molar-refractivity contribution in [3.05, 3.63) is 24.2 Å². The third-order valence-electron chi connectivity index (χ3n) is 1.86. The van der Waals surface area contributed by atoms with Gasteiger partial charge in [-0.05, 0) is 12.1 Å². The van der Waals surface area contributed by atoms with Gasteiger partial charge >= 0.3 is 5.97 Å². The second-order valence-corrected chi connectivity index (χ2v) is 3.05. The first kappa shape index (κ1) is 11.3. The van der Waals surface area contributed by atoms with E-state index in [0.29, 0.717) is 5.76 Å². The number of ether oxygens (including phenoxy) is 1. The topological polar surface area (TPSA) is 68.5 Å². The van der Waals surface area contributed by atoms with Gasteiger partial charge in [0.15, 0.2) is 0 Å². The van der Waals surface area contributed by atoms with Gasteiger partial charge in [-0.15, -0.1) is 0 Å². The predicted molar refractivity (Wildman–Crippen MR) is 51.9 cm³/mol. The molecule has 0 fully saturated rings. The Hall–Kier alpha value is -1.78. The summed E-state index contributed by atoms with van der Waals surface area (Å²) >= 11 is 0. The standard InChI is InChI=1S/C10H13NO4/c1-7(12)11-8(6-10(13)14-2)9-4-3-5-15-9/h3-5,8H,6H2,1-2H3,(H,11,12)/t8-/m1/s1. The Kier molecular flexibility index (Phi) is 3.91. The van der Waals surface area contributed by atoms with Gasteiger partial charge in [0.25, 0.3) is 0 Å². The summed E-state index contributed by atoms with van der Waals surface area (Å²) in [6, 6.07) is 2.93. The summed E-state index contributed by atoms with van der Waals surface area (Å²) in [5.74, 6) is -0.0824. The maximum atomic E-state index is 11.1. The van der Waals surface area contributed by atoms with Crippen molar-refractivity contribution < 1.29 is 18.7 Å². The van der Waals surface area contributed by atoms with Crippen molar-refractivity contribution in [2.24, 2.45) is 0 Å². The summed E-state index contributed by atoms with van der Waals surface area (Å²) in [4.78, 5) is 22.0. The Morgan fingerprint density at radius 1 is 1.60 bits per heavy atom. The molecule has 5 nitrogen and oxygen atoms in total. The highest BCUT2D eigenvalue weighted by Crippen LogP contribution is 2.17. The van der Waals surface area contributed by atoms with E-state index in [2.05, 4.69) is 10.1 Å². The minimum absolute atomic E-state index is 0.0591. The lowest BCUT2D eigenvalue weighted by Crippen LogP contribution is -2.28. The van der Waals surface area contributed by atoms with Crippen LogP contribution in [0, 0.1) is 0 Å². The van der Waals surface area contributed by atoms with Gasteiger partial charge in [0.1, 0.15) is 5.76 Å². The lowest BCUT2D eigenvalue weighted by Gasteiger charge is -2.13. The highest BCUT2D eigenvalue weighted by atomic mass is 16.5. The minimum atomic E-state index is -0.468. The molecule has 0 aliphatic heterocycles. The van der Waals surface area contributed by atoms with Crippen LogP contribution in [0.5, 0.6) is 0 Å². The Balaban J connectivity index is 2.70. The molecule has 5 heteroatoms. The van der Waals surface area contributed by atoms with Crippen molar-refractivity contribution in [3.8, 4) is 0 Å². The molecule has 1 heterocycles. The zero-order chi connectivity index (χ0) is 11.3. The monoisotopic (exact) mass is 211 g/mol. The van der Waals surface area contributed by atoms with Crippen molar-refractivity contribution >= 4 is 11.9 Å². The van der Waals surface area contributed by atoms with Crippen LogP contribution in [-0.4, -0.2) is 19.0 Å². The average molecular weight is 211 g/mol. The van der Waals surface area contributed by atoms with Crippen LogP contribution in [0.3, 0.4) is 0 Å². The number of amides is 1. The van der Waals surface area contributed by atoms with Crippen molar-refractivity contribution in [3.63, 3.8) is 0 Å². The minimum Gasteiger partial charge on any atom is -0.469 e. The molecule has 0 aliphatic rings. The second-order valence-electron chi connectivity index (χ2n) is 3.05. The van der Waals surface area contributed by atoms with Gasteiger partial charge in [-0.3, -0.25) is 9.59 Å². The largest absolute Gasteiger partial charge is 0.469 e. The normalized spacial score (nSPS) is 11.9.